The van der Waals surface area contributed by atoms with Crippen LogP contribution in [0.25, 0.3) is 0 Å². The van der Waals surface area contributed by atoms with E-state index in [9.17, 15) is 9.90 Å². The molecule has 0 radical (unpaired) electrons. The number of phenolic OH excluding ortho intramolecular Hbond substituents is 1. The molecule has 19 heavy (non-hydrogen) atoms. The first-order valence-corrected chi connectivity index (χ1v) is 6.06. The standard InChI is InChI=1S/C16H16O3/c1-10-8-11(2)15(12(3)9-10)19-16(18)13-4-6-14(17)7-5-13/h4-9,17H,1-3H3. The van der Waals surface area contributed by atoms with Gasteiger partial charge in [0.1, 0.15) is 11.5 Å². The summed E-state index contributed by atoms with van der Waals surface area (Å²) in [7, 11) is 0. The highest BCUT2D eigenvalue weighted by Gasteiger charge is 2.12. The molecule has 0 spiro atoms. The van der Waals surface area contributed by atoms with E-state index in [1.807, 2.05) is 32.9 Å². The van der Waals surface area contributed by atoms with Gasteiger partial charge in [0.05, 0.1) is 5.56 Å². The molecular weight excluding hydrogens is 240 g/mol. The molecule has 0 saturated heterocycles. The van der Waals surface area contributed by atoms with E-state index in [0.717, 1.165) is 16.7 Å². The highest BCUT2D eigenvalue weighted by Crippen LogP contribution is 2.25. The zero-order valence-electron chi connectivity index (χ0n) is 11.2. The number of benzene rings is 2. The zero-order chi connectivity index (χ0) is 14.0. The van der Waals surface area contributed by atoms with Crippen LogP contribution in [0.15, 0.2) is 36.4 Å². The van der Waals surface area contributed by atoms with Crippen LogP contribution in [0.4, 0.5) is 0 Å². The van der Waals surface area contributed by atoms with Crippen molar-refractivity contribution in [3.63, 3.8) is 0 Å². The molecule has 0 amide bonds. The number of hydrogen-bond acceptors (Lipinski definition) is 3. The molecule has 3 heteroatoms. The average molecular weight is 256 g/mol. The molecule has 0 aliphatic heterocycles. The van der Waals surface area contributed by atoms with Gasteiger partial charge < -0.3 is 9.84 Å². The van der Waals surface area contributed by atoms with Gasteiger partial charge in [0.15, 0.2) is 0 Å². The summed E-state index contributed by atoms with van der Waals surface area (Å²) in [5.74, 6) is 0.304. The molecule has 0 aliphatic carbocycles. The highest BCUT2D eigenvalue weighted by molar-refractivity contribution is 5.91. The van der Waals surface area contributed by atoms with Crippen LogP contribution in [0.3, 0.4) is 0 Å². The number of esters is 1. The Balaban J connectivity index is 2.26. The molecule has 0 aromatic heterocycles. The highest BCUT2D eigenvalue weighted by atomic mass is 16.5. The Morgan fingerprint density at radius 3 is 2.05 bits per heavy atom. The lowest BCUT2D eigenvalue weighted by molar-refractivity contribution is 0.0732. The molecule has 1 N–H and O–H groups in total. The Morgan fingerprint density at radius 1 is 1.00 bits per heavy atom. The fourth-order valence-electron chi connectivity index (χ4n) is 2.08. The third-order valence-corrected chi connectivity index (χ3v) is 2.90. The van der Waals surface area contributed by atoms with Gasteiger partial charge in [0.2, 0.25) is 0 Å². The summed E-state index contributed by atoms with van der Waals surface area (Å²) in [5, 5.41) is 9.19. The molecule has 98 valence electrons. The quantitative estimate of drug-likeness (QED) is 0.660. The van der Waals surface area contributed by atoms with Gasteiger partial charge >= 0.3 is 5.97 Å². The first kappa shape index (κ1) is 13.1. The predicted molar refractivity (Wildman–Crippen MR) is 73.7 cm³/mol. The predicted octanol–water partition coefficient (Wildman–Crippen LogP) is 3.54. The number of ether oxygens (including phenoxy) is 1. The Bertz CT molecular complexity index is 589. The second-order valence-corrected chi connectivity index (χ2v) is 4.66. The van der Waals surface area contributed by atoms with Crippen molar-refractivity contribution in [2.45, 2.75) is 20.8 Å². The van der Waals surface area contributed by atoms with Gasteiger partial charge in [-0.2, -0.15) is 0 Å². The summed E-state index contributed by atoms with van der Waals surface area (Å²) < 4.78 is 5.44. The molecule has 2 rings (SSSR count). The molecule has 2 aromatic rings. The van der Waals surface area contributed by atoms with Crippen LogP contribution < -0.4 is 4.74 Å². The van der Waals surface area contributed by atoms with Gasteiger partial charge in [-0.1, -0.05) is 17.7 Å². The van der Waals surface area contributed by atoms with Crippen molar-refractivity contribution >= 4 is 5.97 Å². The van der Waals surface area contributed by atoms with Gasteiger partial charge in [-0.15, -0.1) is 0 Å². The fraction of sp³-hybridized carbons (Fsp3) is 0.188. The van der Waals surface area contributed by atoms with Gasteiger partial charge in [-0.05, 0) is 56.2 Å². The minimum atomic E-state index is -0.421. The van der Waals surface area contributed by atoms with Gasteiger partial charge in [-0.3, -0.25) is 0 Å². The lowest BCUT2D eigenvalue weighted by Gasteiger charge is -2.11. The molecule has 2 aromatic carbocycles. The molecular formula is C16H16O3. The zero-order valence-corrected chi connectivity index (χ0v) is 11.2. The Labute approximate surface area is 112 Å². The summed E-state index contributed by atoms with van der Waals surface area (Å²) in [6.07, 6.45) is 0. The van der Waals surface area contributed by atoms with Crippen LogP contribution in [0.5, 0.6) is 11.5 Å². The van der Waals surface area contributed by atoms with Crippen LogP contribution in [-0.4, -0.2) is 11.1 Å². The van der Waals surface area contributed by atoms with Crippen LogP contribution in [0, 0.1) is 20.8 Å². The summed E-state index contributed by atoms with van der Waals surface area (Å²) in [5.41, 5.74) is 3.42. The van der Waals surface area contributed by atoms with E-state index in [0.29, 0.717) is 11.3 Å². The van der Waals surface area contributed by atoms with Gasteiger partial charge in [0, 0.05) is 0 Å². The fourth-order valence-corrected chi connectivity index (χ4v) is 2.08. The molecule has 0 saturated carbocycles. The maximum absolute atomic E-state index is 12.0. The number of carbonyl (C=O) groups is 1. The van der Waals surface area contributed by atoms with Crippen LogP contribution >= 0.6 is 0 Å². The second-order valence-electron chi connectivity index (χ2n) is 4.66. The third kappa shape index (κ3) is 2.94. The first-order valence-electron chi connectivity index (χ1n) is 6.06. The average Bonchev–Trinajstić information content (AvgIpc) is 2.34. The largest absolute Gasteiger partial charge is 0.508 e. The molecule has 3 nitrogen and oxygen atoms in total. The van der Waals surface area contributed by atoms with Crippen LogP contribution in [-0.2, 0) is 0 Å². The summed E-state index contributed by atoms with van der Waals surface area (Å²) >= 11 is 0. The van der Waals surface area contributed by atoms with Crippen molar-refractivity contribution in [2.75, 3.05) is 0 Å². The minimum Gasteiger partial charge on any atom is -0.508 e. The molecule has 0 unspecified atom stereocenters. The third-order valence-electron chi connectivity index (χ3n) is 2.90. The van der Waals surface area contributed by atoms with Crippen LogP contribution in [0.1, 0.15) is 27.0 Å². The second kappa shape index (κ2) is 5.14. The maximum atomic E-state index is 12.0. The Kier molecular flexibility index (Phi) is 3.56. The summed E-state index contributed by atoms with van der Waals surface area (Å²) in [4.78, 5) is 12.0. The van der Waals surface area contributed by atoms with Crippen molar-refractivity contribution in [3.8, 4) is 11.5 Å². The number of phenols is 1. The molecule has 0 atom stereocenters. The van der Waals surface area contributed by atoms with Crippen LogP contribution in [0.2, 0.25) is 0 Å². The number of carbonyl (C=O) groups excluding carboxylic acids is 1. The van der Waals surface area contributed by atoms with E-state index >= 15 is 0 Å². The van der Waals surface area contributed by atoms with Crippen molar-refractivity contribution in [1.29, 1.82) is 0 Å². The van der Waals surface area contributed by atoms with E-state index in [2.05, 4.69) is 0 Å². The number of aryl methyl sites for hydroxylation is 3. The number of hydrogen-bond donors (Lipinski definition) is 1. The normalized spacial score (nSPS) is 10.3. The van der Waals surface area contributed by atoms with E-state index in [4.69, 9.17) is 4.74 Å². The molecule has 0 heterocycles. The summed E-state index contributed by atoms with van der Waals surface area (Å²) in [6.45, 7) is 5.84. The van der Waals surface area contributed by atoms with Gasteiger partial charge in [0.25, 0.3) is 0 Å². The van der Waals surface area contributed by atoms with Gasteiger partial charge in [-0.25, -0.2) is 4.79 Å². The Hall–Kier alpha value is -2.29. The van der Waals surface area contributed by atoms with Crippen molar-refractivity contribution in [3.05, 3.63) is 58.7 Å². The maximum Gasteiger partial charge on any atom is 0.343 e. The monoisotopic (exact) mass is 256 g/mol. The summed E-state index contributed by atoms with van der Waals surface area (Å²) in [6, 6.07) is 9.96. The SMILES string of the molecule is Cc1cc(C)c(OC(=O)c2ccc(O)cc2)c(C)c1. The molecule has 0 aliphatic rings. The smallest absolute Gasteiger partial charge is 0.343 e. The van der Waals surface area contributed by atoms with Crippen molar-refractivity contribution in [1.82, 2.24) is 0 Å². The Morgan fingerprint density at radius 2 is 1.53 bits per heavy atom. The lowest BCUT2D eigenvalue weighted by atomic mass is 10.1. The topological polar surface area (TPSA) is 46.5 Å². The van der Waals surface area contributed by atoms with E-state index in [-0.39, 0.29) is 5.75 Å². The number of aromatic hydroxyl groups is 1. The molecule has 0 fully saturated rings. The van der Waals surface area contributed by atoms with Crippen molar-refractivity contribution < 1.29 is 14.6 Å². The number of rotatable bonds is 2. The van der Waals surface area contributed by atoms with E-state index in [1.54, 1.807) is 0 Å². The lowest BCUT2D eigenvalue weighted by Crippen LogP contribution is -2.10. The minimum absolute atomic E-state index is 0.124. The molecule has 0 bridgehead atoms. The van der Waals surface area contributed by atoms with E-state index in [1.165, 1.54) is 24.3 Å². The van der Waals surface area contributed by atoms with E-state index < -0.39 is 5.97 Å². The van der Waals surface area contributed by atoms with Crippen molar-refractivity contribution in [2.24, 2.45) is 0 Å². The first-order chi connectivity index (χ1) is 8.97.